The summed E-state index contributed by atoms with van der Waals surface area (Å²) >= 11 is 0. The molecule has 2 rings (SSSR count). The molecule has 0 aliphatic carbocycles. The predicted molar refractivity (Wildman–Crippen MR) is 55.2 cm³/mol. The van der Waals surface area contributed by atoms with Gasteiger partial charge in [-0.15, -0.1) is 0 Å². The molecule has 2 heterocycles. The van der Waals surface area contributed by atoms with E-state index in [2.05, 4.69) is 10.3 Å². The molecule has 6 nitrogen and oxygen atoms in total. The first-order valence-electron chi connectivity index (χ1n) is 4.81. The molecule has 0 bridgehead atoms. The summed E-state index contributed by atoms with van der Waals surface area (Å²) in [6, 6.07) is 5.11. The summed E-state index contributed by atoms with van der Waals surface area (Å²) < 4.78 is 0. The van der Waals surface area contributed by atoms with Gasteiger partial charge in [-0.25, -0.2) is 4.98 Å². The highest BCUT2D eigenvalue weighted by Gasteiger charge is 2.32. The van der Waals surface area contributed by atoms with Crippen molar-refractivity contribution < 1.29 is 14.7 Å². The number of rotatable bonds is 1. The number of aliphatic hydroxyl groups excluding tert-OH is 1. The van der Waals surface area contributed by atoms with E-state index in [1.54, 1.807) is 25.1 Å². The van der Waals surface area contributed by atoms with E-state index in [-0.39, 0.29) is 6.42 Å². The summed E-state index contributed by atoms with van der Waals surface area (Å²) in [7, 11) is 0. The zero-order valence-electron chi connectivity index (χ0n) is 8.67. The normalized spacial score (nSPS) is 20.9. The van der Waals surface area contributed by atoms with Gasteiger partial charge in [-0.3, -0.25) is 14.5 Å². The van der Waals surface area contributed by atoms with E-state index in [0.717, 1.165) is 10.6 Å². The molecular formula is C10H11N3O3. The second-order valence-corrected chi connectivity index (χ2v) is 3.52. The summed E-state index contributed by atoms with van der Waals surface area (Å²) in [4.78, 5) is 27.8. The average Bonchev–Trinajstić information content (AvgIpc) is 2.15. The van der Waals surface area contributed by atoms with Crippen LogP contribution in [-0.4, -0.2) is 28.3 Å². The molecule has 16 heavy (non-hydrogen) atoms. The molecule has 1 aromatic heterocycles. The summed E-state index contributed by atoms with van der Waals surface area (Å²) in [6.07, 6.45) is -1.62. The van der Waals surface area contributed by atoms with Gasteiger partial charge in [0.15, 0.2) is 0 Å². The molecule has 0 saturated carbocycles. The van der Waals surface area contributed by atoms with Gasteiger partial charge in [0, 0.05) is 5.69 Å². The van der Waals surface area contributed by atoms with Crippen molar-refractivity contribution in [2.75, 3.05) is 4.90 Å². The number of pyridine rings is 1. The summed E-state index contributed by atoms with van der Waals surface area (Å²) in [5, 5.41) is 11.8. The van der Waals surface area contributed by atoms with Crippen molar-refractivity contribution in [3.63, 3.8) is 0 Å². The quantitative estimate of drug-likeness (QED) is 0.627. The molecule has 0 radical (unpaired) electrons. The van der Waals surface area contributed by atoms with Gasteiger partial charge in [-0.05, 0) is 19.1 Å². The Morgan fingerprint density at radius 1 is 1.50 bits per heavy atom. The van der Waals surface area contributed by atoms with Gasteiger partial charge in [0.05, 0.1) is 0 Å². The minimum atomic E-state index is -1.34. The number of hydrogen-bond acceptors (Lipinski definition) is 4. The molecule has 6 heteroatoms. The van der Waals surface area contributed by atoms with E-state index < -0.39 is 18.2 Å². The van der Waals surface area contributed by atoms with Crippen LogP contribution in [0.4, 0.5) is 5.82 Å². The molecule has 1 aliphatic heterocycles. The van der Waals surface area contributed by atoms with Crippen LogP contribution >= 0.6 is 0 Å². The SMILES string of the molecule is Cc1cccc(N2C(=O)CC(=O)NC2O)n1. The summed E-state index contributed by atoms with van der Waals surface area (Å²) in [5.74, 6) is -0.617. The third-order valence-electron chi connectivity index (χ3n) is 2.24. The Balaban J connectivity index is 2.32. The third kappa shape index (κ3) is 1.87. The molecule has 84 valence electrons. The molecule has 1 fully saturated rings. The number of nitrogens with zero attached hydrogens (tertiary/aromatic N) is 2. The molecule has 0 aromatic carbocycles. The Morgan fingerprint density at radius 2 is 2.25 bits per heavy atom. The van der Waals surface area contributed by atoms with Crippen molar-refractivity contribution in [2.45, 2.75) is 19.7 Å². The van der Waals surface area contributed by atoms with Crippen LogP contribution in [-0.2, 0) is 9.59 Å². The Hall–Kier alpha value is -1.95. The van der Waals surface area contributed by atoms with Crippen LogP contribution in [0.5, 0.6) is 0 Å². The first kappa shape index (κ1) is 10.6. The number of anilines is 1. The van der Waals surface area contributed by atoms with Crippen molar-refractivity contribution >= 4 is 17.6 Å². The van der Waals surface area contributed by atoms with E-state index >= 15 is 0 Å². The van der Waals surface area contributed by atoms with Crippen molar-refractivity contribution in [1.82, 2.24) is 10.3 Å². The van der Waals surface area contributed by atoms with E-state index in [1.165, 1.54) is 0 Å². The number of amides is 2. The molecule has 1 saturated heterocycles. The first-order valence-corrected chi connectivity index (χ1v) is 4.81. The minimum absolute atomic E-state index is 0.271. The Morgan fingerprint density at radius 3 is 2.88 bits per heavy atom. The van der Waals surface area contributed by atoms with Crippen LogP contribution in [0.25, 0.3) is 0 Å². The van der Waals surface area contributed by atoms with E-state index in [4.69, 9.17) is 0 Å². The third-order valence-corrected chi connectivity index (χ3v) is 2.24. The van der Waals surface area contributed by atoms with E-state index in [0.29, 0.717) is 5.82 Å². The fourth-order valence-corrected chi connectivity index (χ4v) is 1.53. The highest BCUT2D eigenvalue weighted by atomic mass is 16.3. The van der Waals surface area contributed by atoms with Crippen molar-refractivity contribution in [3.05, 3.63) is 23.9 Å². The van der Waals surface area contributed by atoms with Gasteiger partial charge in [-0.1, -0.05) is 6.07 Å². The number of aliphatic hydroxyl groups is 1. The number of aryl methyl sites for hydroxylation is 1. The fourth-order valence-electron chi connectivity index (χ4n) is 1.53. The van der Waals surface area contributed by atoms with Crippen LogP contribution in [0.3, 0.4) is 0 Å². The van der Waals surface area contributed by atoms with Gasteiger partial charge < -0.3 is 10.4 Å². The highest BCUT2D eigenvalue weighted by molar-refractivity contribution is 6.07. The lowest BCUT2D eigenvalue weighted by atomic mass is 10.2. The largest absolute Gasteiger partial charge is 0.356 e. The minimum Gasteiger partial charge on any atom is -0.356 e. The number of aromatic nitrogens is 1. The first-order chi connectivity index (χ1) is 7.58. The molecule has 2 amide bonds. The topological polar surface area (TPSA) is 82.5 Å². The number of carbonyl (C=O) groups excluding carboxylic acids is 2. The van der Waals surface area contributed by atoms with Crippen molar-refractivity contribution in [1.29, 1.82) is 0 Å². The van der Waals surface area contributed by atoms with Gasteiger partial charge in [0.1, 0.15) is 12.2 Å². The monoisotopic (exact) mass is 221 g/mol. The smallest absolute Gasteiger partial charge is 0.241 e. The number of carbonyl (C=O) groups is 2. The number of hydrogen-bond donors (Lipinski definition) is 2. The molecule has 2 N–H and O–H groups in total. The van der Waals surface area contributed by atoms with E-state index in [1.807, 2.05) is 0 Å². The lowest BCUT2D eigenvalue weighted by Gasteiger charge is -2.31. The van der Waals surface area contributed by atoms with Crippen LogP contribution in [0, 0.1) is 6.92 Å². The predicted octanol–water partition coefficient (Wildman–Crippen LogP) is -0.481. The molecule has 0 spiro atoms. The maximum atomic E-state index is 11.6. The maximum absolute atomic E-state index is 11.6. The van der Waals surface area contributed by atoms with Crippen LogP contribution in [0.15, 0.2) is 18.2 Å². The fraction of sp³-hybridized carbons (Fsp3) is 0.300. The standard InChI is InChI=1S/C10H11N3O3/c1-6-3-2-4-7(11-6)13-9(15)5-8(14)12-10(13)16/h2-4,10,16H,5H2,1H3,(H,12,14). The Labute approximate surface area is 91.9 Å². The van der Waals surface area contributed by atoms with Crippen molar-refractivity contribution in [2.24, 2.45) is 0 Å². The Kier molecular flexibility index (Phi) is 2.57. The van der Waals surface area contributed by atoms with E-state index in [9.17, 15) is 14.7 Å². The zero-order chi connectivity index (χ0) is 11.7. The van der Waals surface area contributed by atoms with Gasteiger partial charge >= 0.3 is 0 Å². The molecular weight excluding hydrogens is 210 g/mol. The number of nitrogens with one attached hydrogen (secondary N) is 1. The van der Waals surface area contributed by atoms with Crippen LogP contribution < -0.4 is 10.2 Å². The zero-order valence-corrected chi connectivity index (χ0v) is 8.67. The van der Waals surface area contributed by atoms with Crippen molar-refractivity contribution in [3.8, 4) is 0 Å². The molecule has 1 aromatic rings. The highest BCUT2D eigenvalue weighted by Crippen LogP contribution is 2.16. The molecule has 1 atom stereocenters. The summed E-state index contributed by atoms with van der Waals surface area (Å²) in [5.41, 5.74) is 0.731. The van der Waals surface area contributed by atoms with Crippen LogP contribution in [0.2, 0.25) is 0 Å². The maximum Gasteiger partial charge on any atom is 0.241 e. The van der Waals surface area contributed by atoms with Crippen LogP contribution in [0.1, 0.15) is 12.1 Å². The molecule has 1 unspecified atom stereocenters. The molecule has 1 aliphatic rings. The average molecular weight is 221 g/mol. The van der Waals surface area contributed by atoms with Gasteiger partial charge in [-0.2, -0.15) is 0 Å². The second-order valence-electron chi connectivity index (χ2n) is 3.52. The lowest BCUT2D eigenvalue weighted by molar-refractivity contribution is -0.135. The Bertz CT molecular complexity index is 447. The second kappa shape index (κ2) is 3.90. The summed E-state index contributed by atoms with van der Waals surface area (Å²) in [6.45, 7) is 1.78. The van der Waals surface area contributed by atoms with Gasteiger partial charge in [0.2, 0.25) is 18.2 Å². The van der Waals surface area contributed by atoms with Gasteiger partial charge in [0.25, 0.3) is 0 Å². The lowest BCUT2D eigenvalue weighted by Crippen LogP contribution is -2.57.